The quantitative estimate of drug-likeness (QED) is 0.344. The standard InChI is InChI=1S/C26H21Cl2NO5/c1-33-19-8-9-21-20(12-19)26(32)18(13-29(21)14-23(30)31)11-17-7-10-22(25(28)24(17)27)34-15-16-5-3-2-4-6-16/h2-10,12-13H,11,14-15H2,1H3,(H,30,31). The number of hydrogen-bond acceptors (Lipinski definition) is 4. The lowest BCUT2D eigenvalue weighted by molar-refractivity contribution is -0.137. The molecular weight excluding hydrogens is 477 g/mol. The molecule has 0 aliphatic carbocycles. The molecule has 8 heteroatoms. The highest BCUT2D eigenvalue weighted by molar-refractivity contribution is 6.43. The highest BCUT2D eigenvalue weighted by atomic mass is 35.5. The smallest absolute Gasteiger partial charge is 0.323 e. The molecule has 0 spiro atoms. The lowest BCUT2D eigenvalue weighted by atomic mass is 10.0. The first-order chi connectivity index (χ1) is 16.4. The van der Waals surface area contributed by atoms with Crippen LogP contribution >= 0.6 is 23.2 Å². The van der Waals surface area contributed by atoms with Crippen molar-refractivity contribution in [3.8, 4) is 11.5 Å². The van der Waals surface area contributed by atoms with Crippen LogP contribution in [0.15, 0.2) is 71.7 Å². The van der Waals surface area contributed by atoms with Crippen molar-refractivity contribution < 1.29 is 19.4 Å². The van der Waals surface area contributed by atoms with Gasteiger partial charge in [-0.3, -0.25) is 9.59 Å². The summed E-state index contributed by atoms with van der Waals surface area (Å²) >= 11 is 13.0. The molecule has 0 aliphatic heterocycles. The summed E-state index contributed by atoms with van der Waals surface area (Å²) in [4.78, 5) is 24.7. The van der Waals surface area contributed by atoms with E-state index >= 15 is 0 Å². The predicted octanol–water partition coefficient (Wildman–Crippen LogP) is 5.57. The Bertz CT molecular complexity index is 1420. The molecular formula is C26H21Cl2NO5. The first kappa shape index (κ1) is 23.7. The number of carboxylic acids is 1. The van der Waals surface area contributed by atoms with Gasteiger partial charge in [-0.1, -0.05) is 59.6 Å². The van der Waals surface area contributed by atoms with E-state index in [4.69, 9.17) is 32.7 Å². The number of ether oxygens (including phenoxy) is 2. The van der Waals surface area contributed by atoms with Crippen LogP contribution in [0.1, 0.15) is 16.7 Å². The first-order valence-corrected chi connectivity index (χ1v) is 11.2. The number of rotatable bonds is 8. The van der Waals surface area contributed by atoms with Gasteiger partial charge in [0.15, 0.2) is 5.43 Å². The molecule has 0 saturated heterocycles. The normalized spacial score (nSPS) is 10.9. The number of halogens is 2. The number of aromatic nitrogens is 1. The molecule has 0 aliphatic rings. The summed E-state index contributed by atoms with van der Waals surface area (Å²) in [5, 5.41) is 10.2. The van der Waals surface area contributed by atoms with Crippen LogP contribution in [0, 0.1) is 0 Å². The topological polar surface area (TPSA) is 77.8 Å². The van der Waals surface area contributed by atoms with Gasteiger partial charge in [0.2, 0.25) is 0 Å². The van der Waals surface area contributed by atoms with Gasteiger partial charge in [-0.2, -0.15) is 0 Å². The number of methoxy groups -OCH3 is 1. The second kappa shape index (κ2) is 10.2. The highest BCUT2D eigenvalue weighted by Crippen LogP contribution is 2.36. The minimum atomic E-state index is -1.02. The zero-order valence-corrected chi connectivity index (χ0v) is 19.8. The van der Waals surface area contributed by atoms with E-state index in [9.17, 15) is 14.7 Å². The van der Waals surface area contributed by atoms with E-state index in [1.807, 2.05) is 30.3 Å². The minimum Gasteiger partial charge on any atom is -0.497 e. The minimum absolute atomic E-state index is 0.170. The average molecular weight is 498 g/mol. The summed E-state index contributed by atoms with van der Waals surface area (Å²) in [6, 6.07) is 18.1. The zero-order chi connectivity index (χ0) is 24.2. The van der Waals surface area contributed by atoms with E-state index in [1.54, 1.807) is 36.5 Å². The highest BCUT2D eigenvalue weighted by Gasteiger charge is 2.16. The van der Waals surface area contributed by atoms with E-state index in [0.717, 1.165) is 5.56 Å². The maximum absolute atomic E-state index is 13.2. The Kier molecular flexibility index (Phi) is 7.10. The van der Waals surface area contributed by atoms with Crippen molar-refractivity contribution >= 4 is 40.1 Å². The fourth-order valence-corrected chi connectivity index (χ4v) is 4.19. The second-order valence-corrected chi connectivity index (χ2v) is 8.45. The Hall–Kier alpha value is -3.48. The molecule has 0 atom stereocenters. The Morgan fingerprint density at radius 2 is 1.76 bits per heavy atom. The Labute approximate surface area is 205 Å². The van der Waals surface area contributed by atoms with Gasteiger partial charge < -0.3 is 19.1 Å². The second-order valence-electron chi connectivity index (χ2n) is 7.69. The molecule has 1 heterocycles. The van der Waals surface area contributed by atoms with E-state index in [-0.39, 0.29) is 28.4 Å². The third-order valence-electron chi connectivity index (χ3n) is 5.41. The van der Waals surface area contributed by atoms with Crippen molar-refractivity contribution in [2.24, 2.45) is 0 Å². The van der Waals surface area contributed by atoms with Crippen LogP contribution in [0.2, 0.25) is 10.0 Å². The molecule has 3 aromatic carbocycles. The SMILES string of the molecule is COc1ccc2c(c1)c(=O)c(Cc1ccc(OCc3ccccc3)c(Cl)c1Cl)cn2CC(=O)O. The van der Waals surface area contributed by atoms with Crippen LogP contribution in [0.3, 0.4) is 0 Å². The third kappa shape index (κ3) is 5.03. The van der Waals surface area contributed by atoms with Crippen molar-refractivity contribution in [3.05, 3.63) is 104 Å². The number of fused-ring (bicyclic) bond motifs is 1. The van der Waals surface area contributed by atoms with Crippen LogP contribution < -0.4 is 14.9 Å². The largest absolute Gasteiger partial charge is 0.497 e. The molecule has 0 fully saturated rings. The number of hydrogen-bond donors (Lipinski definition) is 1. The lowest BCUT2D eigenvalue weighted by Crippen LogP contribution is -2.18. The van der Waals surface area contributed by atoms with Crippen molar-refractivity contribution in [1.29, 1.82) is 0 Å². The maximum atomic E-state index is 13.2. The summed E-state index contributed by atoms with van der Waals surface area (Å²) < 4.78 is 12.6. The predicted molar refractivity (Wildman–Crippen MR) is 132 cm³/mol. The van der Waals surface area contributed by atoms with Gasteiger partial charge in [0, 0.05) is 23.6 Å². The van der Waals surface area contributed by atoms with E-state index in [0.29, 0.717) is 40.1 Å². The molecule has 1 N–H and O–H groups in total. The maximum Gasteiger partial charge on any atom is 0.323 e. The van der Waals surface area contributed by atoms with E-state index in [1.165, 1.54) is 11.7 Å². The van der Waals surface area contributed by atoms with Crippen molar-refractivity contribution in [1.82, 2.24) is 4.57 Å². The molecule has 0 saturated carbocycles. The third-order valence-corrected chi connectivity index (χ3v) is 6.32. The molecule has 0 radical (unpaired) electrons. The summed E-state index contributed by atoms with van der Waals surface area (Å²) in [5.74, 6) is -0.0804. The molecule has 4 rings (SSSR count). The average Bonchev–Trinajstić information content (AvgIpc) is 2.84. The molecule has 0 bridgehead atoms. The van der Waals surface area contributed by atoms with Crippen molar-refractivity contribution in [2.75, 3.05) is 7.11 Å². The van der Waals surface area contributed by atoms with Gasteiger partial charge in [-0.15, -0.1) is 0 Å². The Morgan fingerprint density at radius 3 is 2.47 bits per heavy atom. The van der Waals surface area contributed by atoms with Gasteiger partial charge in [-0.05, 0) is 35.4 Å². The zero-order valence-electron chi connectivity index (χ0n) is 18.3. The fourth-order valence-electron chi connectivity index (χ4n) is 3.73. The van der Waals surface area contributed by atoms with Gasteiger partial charge in [0.1, 0.15) is 29.7 Å². The molecule has 4 aromatic rings. The summed E-state index contributed by atoms with van der Waals surface area (Å²) in [5.41, 5.74) is 2.28. The molecule has 174 valence electrons. The van der Waals surface area contributed by atoms with E-state index < -0.39 is 5.97 Å². The van der Waals surface area contributed by atoms with Gasteiger partial charge in [0.25, 0.3) is 0 Å². The number of aliphatic carboxylic acids is 1. The van der Waals surface area contributed by atoms with Crippen LogP contribution in [-0.4, -0.2) is 22.8 Å². The Balaban J connectivity index is 1.68. The summed E-state index contributed by atoms with van der Waals surface area (Å²) in [6.45, 7) is 0.0412. The van der Waals surface area contributed by atoms with Crippen LogP contribution in [0.25, 0.3) is 10.9 Å². The lowest BCUT2D eigenvalue weighted by Gasteiger charge is -2.15. The molecule has 0 unspecified atom stereocenters. The number of benzene rings is 3. The summed E-state index contributed by atoms with van der Waals surface area (Å²) in [7, 11) is 1.50. The number of carboxylic acid groups (broad SMARTS) is 1. The Morgan fingerprint density at radius 1 is 1.00 bits per heavy atom. The summed E-state index contributed by atoms with van der Waals surface area (Å²) in [6.07, 6.45) is 1.72. The molecule has 1 aromatic heterocycles. The van der Waals surface area contributed by atoms with Gasteiger partial charge in [-0.25, -0.2) is 0 Å². The molecule has 0 amide bonds. The monoisotopic (exact) mass is 497 g/mol. The molecule has 6 nitrogen and oxygen atoms in total. The number of nitrogens with zero attached hydrogens (tertiary/aromatic N) is 1. The van der Waals surface area contributed by atoms with Crippen LogP contribution in [-0.2, 0) is 24.4 Å². The van der Waals surface area contributed by atoms with Crippen molar-refractivity contribution in [3.63, 3.8) is 0 Å². The van der Waals surface area contributed by atoms with Crippen LogP contribution in [0.4, 0.5) is 0 Å². The van der Waals surface area contributed by atoms with Gasteiger partial charge in [0.05, 0.1) is 17.6 Å². The van der Waals surface area contributed by atoms with Crippen LogP contribution in [0.5, 0.6) is 11.5 Å². The number of carbonyl (C=O) groups is 1. The number of pyridine rings is 1. The van der Waals surface area contributed by atoms with E-state index in [2.05, 4.69) is 0 Å². The fraction of sp³-hybridized carbons (Fsp3) is 0.154. The van der Waals surface area contributed by atoms with Gasteiger partial charge >= 0.3 is 5.97 Å². The first-order valence-electron chi connectivity index (χ1n) is 10.4. The molecule has 34 heavy (non-hydrogen) atoms. The van der Waals surface area contributed by atoms with Crippen molar-refractivity contribution in [2.45, 2.75) is 19.6 Å².